The SMILES string of the molecule is CCN(CC(=O)NCC(=O)O)C(C)c1ccc(-c2cccc(OC)c2)cc1. The second-order valence-corrected chi connectivity index (χ2v) is 6.26. The largest absolute Gasteiger partial charge is 0.497 e. The topological polar surface area (TPSA) is 78.9 Å². The fraction of sp³-hybridized carbons (Fsp3) is 0.333. The second kappa shape index (κ2) is 9.73. The summed E-state index contributed by atoms with van der Waals surface area (Å²) in [6.45, 7) is 4.49. The lowest BCUT2D eigenvalue weighted by atomic mass is 10.0. The van der Waals surface area contributed by atoms with E-state index in [1.54, 1.807) is 7.11 Å². The fourth-order valence-electron chi connectivity index (χ4n) is 2.90. The first-order valence-corrected chi connectivity index (χ1v) is 8.91. The van der Waals surface area contributed by atoms with Crippen molar-refractivity contribution in [2.75, 3.05) is 26.7 Å². The standard InChI is InChI=1S/C21H26N2O4/c1-4-23(14-20(24)22-13-21(25)26)15(2)16-8-10-17(11-9-16)18-6-5-7-19(12-18)27-3/h5-12,15H,4,13-14H2,1-3H3,(H,22,24)(H,25,26). The molecular formula is C21H26N2O4. The summed E-state index contributed by atoms with van der Waals surface area (Å²) >= 11 is 0. The number of rotatable bonds is 9. The highest BCUT2D eigenvalue weighted by atomic mass is 16.5. The zero-order valence-corrected chi connectivity index (χ0v) is 15.9. The van der Waals surface area contributed by atoms with Gasteiger partial charge >= 0.3 is 5.97 Å². The number of aliphatic carboxylic acids is 1. The van der Waals surface area contributed by atoms with Crippen molar-refractivity contribution in [2.45, 2.75) is 19.9 Å². The zero-order chi connectivity index (χ0) is 19.8. The van der Waals surface area contributed by atoms with Crippen molar-refractivity contribution in [3.05, 3.63) is 54.1 Å². The number of carboxylic acid groups (broad SMARTS) is 1. The van der Waals surface area contributed by atoms with Gasteiger partial charge in [0.25, 0.3) is 0 Å². The maximum atomic E-state index is 11.9. The van der Waals surface area contributed by atoms with Crippen LogP contribution < -0.4 is 10.1 Å². The van der Waals surface area contributed by atoms with E-state index >= 15 is 0 Å². The molecule has 1 atom stereocenters. The molecule has 0 saturated carbocycles. The van der Waals surface area contributed by atoms with Gasteiger partial charge in [-0.25, -0.2) is 0 Å². The summed E-state index contributed by atoms with van der Waals surface area (Å²) in [6, 6.07) is 16.1. The van der Waals surface area contributed by atoms with Crippen molar-refractivity contribution in [3.8, 4) is 16.9 Å². The van der Waals surface area contributed by atoms with E-state index in [0.717, 1.165) is 22.4 Å². The first-order chi connectivity index (χ1) is 12.9. The number of methoxy groups -OCH3 is 1. The highest BCUT2D eigenvalue weighted by Gasteiger charge is 2.17. The predicted octanol–water partition coefficient (Wildman–Crippen LogP) is 2.95. The Kier molecular flexibility index (Phi) is 7.37. The summed E-state index contributed by atoms with van der Waals surface area (Å²) in [6.07, 6.45) is 0. The second-order valence-electron chi connectivity index (χ2n) is 6.26. The van der Waals surface area contributed by atoms with Crippen LogP contribution in [0.15, 0.2) is 48.5 Å². The summed E-state index contributed by atoms with van der Waals surface area (Å²) in [5.74, 6) is -0.527. The van der Waals surface area contributed by atoms with Crippen LogP contribution in [0.5, 0.6) is 5.75 Å². The molecule has 0 aliphatic rings. The molecule has 144 valence electrons. The Balaban J connectivity index is 2.07. The summed E-state index contributed by atoms with van der Waals surface area (Å²) in [5.41, 5.74) is 3.26. The van der Waals surface area contributed by atoms with Crippen LogP contribution >= 0.6 is 0 Å². The maximum absolute atomic E-state index is 11.9. The van der Waals surface area contributed by atoms with Crippen molar-refractivity contribution in [1.82, 2.24) is 10.2 Å². The lowest BCUT2D eigenvalue weighted by molar-refractivity contribution is -0.138. The number of benzene rings is 2. The summed E-state index contributed by atoms with van der Waals surface area (Å²) < 4.78 is 5.27. The summed E-state index contributed by atoms with van der Waals surface area (Å²) in [7, 11) is 1.65. The molecule has 1 unspecified atom stereocenters. The molecule has 0 fully saturated rings. The highest BCUT2D eigenvalue weighted by molar-refractivity contribution is 5.82. The van der Waals surface area contributed by atoms with E-state index in [1.807, 2.05) is 43.0 Å². The number of nitrogens with zero attached hydrogens (tertiary/aromatic N) is 1. The molecule has 1 amide bonds. The number of carbonyl (C=O) groups is 2. The fourth-order valence-corrected chi connectivity index (χ4v) is 2.90. The van der Waals surface area contributed by atoms with E-state index in [1.165, 1.54) is 0 Å². The molecule has 6 nitrogen and oxygen atoms in total. The Morgan fingerprint density at radius 2 is 1.85 bits per heavy atom. The minimum Gasteiger partial charge on any atom is -0.497 e. The Bertz CT molecular complexity index is 774. The van der Waals surface area contributed by atoms with Gasteiger partial charge in [-0.2, -0.15) is 0 Å². The van der Waals surface area contributed by atoms with Crippen LogP contribution in [0.4, 0.5) is 0 Å². The smallest absolute Gasteiger partial charge is 0.322 e. The van der Waals surface area contributed by atoms with Crippen molar-refractivity contribution in [1.29, 1.82) is 0 Å². The Morgan fingerprint density at radius 1 is 1.15 bits per heavy atom. The molecule has 6 heteroatoms. The first-order valence-electron chi connectivity index (χ1n) is 8.91. The molecular weight excluding hydrogens is 344 g/mol. The number of hydrogen-bond donors (Lipinski definition) is 2. The Labute approximate surface area is 159 Å². The molecule has 0 spiro atoms. The van der Waals surface area contributed by atoms with Gasteiger partial charge in [-0.05, 0) is 42.3 Å². The minimum atomic E-state index is -1.05. The van der Waals surface area contributed by atoms with E-state index in [4.69, 9.17) is 9.84 Å². The van der Waals surface area contributed by atoms with Gasteiger partial charge < -0.3 is 15.2 Å². The summed E-state index contributed by atoms with van der Waals surface area (Å²) in [4.78, 5) is 24.5. The number of hydrogen-bond acceptors (Lipinski definition) is 4. The van der Waals surface area contributed by atoms with Gasteiger partial charge in [0.2, 0.25) is 5.91 Å². The molecule has 2 aromatic carbocycles. The average molecular weight is 370 g/mol. The molecule has 0 aliphatic heterocycles. The third kappa shape index (κ3) is 5.82. The van der Waals surface area contributed by atoms with E-state index in [-0.39, 0.29) is 25.0 Å². The maximum Gasteiger partial charge on any atom is 0.322 e. The third-order valence-electron chi connectivity index (χ3n) is 4.53. The molecule has 0 saturated heterocycles. The molecule has 0 aromatic heterocycles. The molecule has 27 heavy (non-hydrogen) atoms. The number of nitrogens with one attached hydrogen (secondary N) is 1. The van der Waals surface area contributed by atoms with Crippen LogP contribution in [0.3, 0.4) is 0 Å². The molecule has 2 N–H and O–H groups in total. The normalized spacial score (nSPS) is 11.9. The van der Waals surface area contributed by atoms with Gasteiger partial charge in [0, 0.05) is 6.04 Å². The van der Waals surface area contributed by atoms with Crippen LogP contribution in [-0.4, -0.2) is 48.6 Å². The van der Waals surface area contributed by atoms with Gasteiger partial charge in [-0.15, -0.1) is 0 Å². The molecule has 2 rings (SSSR count). The quantitative estimate of drug-likeness (QED) is 0.709. The molecule has 2 aromatic rings. The van der Waals surface area contributed by atoms with Gasteiger partial charge in [0.15, 0.2) is 0 Å². The van der Waals surface area contributed by atoms with Crippen molar-refractivity contribution in [3.63, 3.8) is 0 Å². The molecule has 0 radical (unpaired) electrons. The lowest BCUT2D eigenvalue weighted by Gasteiger charge is -2.27. The van der Waals surface area contributed by atoms with Crippen LogP contribution in [0.1, 0.15) is 25.5 Å². The molecule has 0 aliphatic carbocycles. The lowest BCUT2D eigenvalue weighted by Crippen LogP contribution is -2.40. The number of ether oxygens (including phenoxy) is 1. The monoisotopic (exact) mass is 370 g/mol. The summed E-state index contributed by atoms with van der Waals surface area (Å²) in [5, 5.41) is 11.1. The Hall–Kier alpha value is -2.86. The molecule has 0 bridgehead atoms. The Morgan fingerprint density at radius 3 is 2.44 bits per heavy atom. The highest BCUT2D eigenvalue weighted by Crippen LogP contribution is 2.26. The number of carbonyl (C=O) groups excluding carboxylic acids is 1. The molecule has 0 heterocycles. The van der Waals surface area contributed by atoms with Gasteiger partial charge in [-0.3, -0.25) is 14.5 Å². The average Bonchev–Trinajstić information content (AvgIpc) is 2.70. The van der Waals surface area contributed by atoms with E-state index in [2.05, 4.69) is 29.6 Å². The van der Waals surface area contributed by atoms with E-state index in [0.29, 0.717) is 6.54 Å². The van der Waals surface area contributed by atoms with Crippen molar-refractivity contribution >= 4 is 11.9 Å². The number of likely N-dealkylation sites (N-methyl/N-ethyl adjacent to an activating group) is 1. The van der Waals surface area contributed by atoms with E-state index < -0.39 is 5.97 Å². The minimum absolute atomic E-state index is 0.0323. The zero-order valence-electron chi connectivity index (χ0n) is 15.9. The van der Waals surface area contributed by atoms with Crippen LogP contribution in [0.2, 0.25) is 0 Å². The van der Waals surface area contributed by atoms with Crippen LogP contribution in [0.25, 0.3) is 11.1 Å². The van der Waals surface area contributed by atoms with Gasteiger partial charge in [0.1, 0.15) is 12.3 Å². The van der Waals surface area contributed by atoms with Crippen molar-refractivity contribution < 1.29 is 19.4 Å². The number of carboxylic acids is 1. The number of amides is 1. The van der Waals surface area contributed by atoms with Crippen LogP contribution in [-0.2, 0) is 9.59 Å². The van der Waals surface area contributed by atoms with Crippen molar-refractivity contribution in [2.24, 2.45) is 0 Å². The predicted molar refractivity (Wildman–Crippen MR) is 105 cm³/mol. The third-order valence-corrected chi connectivity index (χ3v) is 4.53. The van der Waals surface area contributed by atoms with Crippen LogP contribution in [0, 0.1) is 0 Å². The van der Waals surface area contributed by atoms with E-state index in [9.17, 15) is 9.59 Å². The van der Waals surface area contributed by atoms with Gasteiger partial charge in [-0.1, -0.05) is 43.3 Å². The first kappa shape index (κ1) is 20.5. The van der Waals surface area contributed by atoms with Gasteiger partial charge in [0.05, 0.1) is 13.7 Å².